The van der Waals surface area contributed by atoms with Gasteiger partial charge < -0.3 is 15.4 Å². The monoisotopic (exact) mass is 340 g/mol. The molecule has 1 aliphatic rings. The zero-order chi connectivity index (χ0) is 14.5. The lowest BCUT2D eigenvalue weighted by molar-refractivity contribution is -0.00556. The molecular weight excluding hydrogens is 316 g/mol. The average Bonchev–Trinajstić information content (AvgIpc) is 2.46. The van der Waals surface area contributed by atoms with E-state index in [0.717, 1.165) is 30.5 Å². The molecule has 1 aromatic rings. The summed E-state index contributed by atoms with van der Waals surface area (Å²) in [5, 5.41) is 0. The van der Waals surface area contributed by atoms with Gasteiger partial charge in [0, 0.05) is 30.7 Å². The molecule has 3 unspecified atom stereocenters. The number of ether oxygens (including phenoxy) is 1. The van der Waals surface area contributed by atoms with Crippen LogP contribution >= 0.6 is 15.9 Å². The molecule has 3 atom stereocenters. The molecule has 1 aliphatic heterocycles. The van der Waals surface area contributed by atoms with E-state index in [1.807, 2.05) is 19.2 Å². The van der Waals surface area contributed by atoms with E-state index < -0.39 is 0 Å². The van der Waals surface area contributed by atoms with Gasteiger partial charge in [0.05, 0.1) is 6.10 Å². The first-order valence-electron chi connectivity index (χ1n) is 7.37. The minimum absolute atomic E-state index is 0.0888. The molecular formula is C16H25BrN2O. The Morgan fingerprint density at radius 2 is 2.20 bits per heavy atom. The molecule has 0 spiro atoms. The van der Waals surface area contributed by atoms with Gasteiger partial charge in [0.2, 0.25) is 0 Å². The lowest BCUT2D eigenvalue weighted by Gasteiger charge is -2.36. The van der Waals surface area contributed by atoms with Crippen LogP contribution < -0.4 is 5.73 Å². The molecule has 0 bridgehead atoms. The van der Waals surface area contributed by atoms with Crippen molar-refractivity contribution in [3.05, 3.63) is 34.3 Å². The van der Waals surface area contributed by atoms with E-state index in [0.29, 0.717) is 12.0 Å². The van der Waals surface area contributed by atoms with Crippen molar-refractivity contribution in [1.82, 2.24) is 4.90 Å². The van der Waals surface area contributed by atoms with Gasteiger partial charge in [-0.25, -0.2) is 0 Å². The number of likely N-dealkylation sites (tertiary alicyclic amines) is 1. The summed E-state index contributed by atoms with van der Waals surface area (Å²) in [6.45, 7) is 5.50. The van der Waals surface area contributed by atoms with Crippen LogP contribution in [0.15, 0.2) is 28.7 Å². The van der Waals surface area contributed by atoms with Crippen molar-refractivity contribution in [2.75, 3.05) is 26.7 Å². The molecule has 1 aromatic carbocycles. The van der Waals surface area contributed by atoms with Gasteiger partial charge in [-0.2, -0.15) is 0 Å². The highest BCUT2D eigenvalue weighted by molar-refractivity contribution is 9.10. The van der Waals surface area contributed by atoms with Crippen molar-refractivity contribution in [2.45, 2.75) is 31.9 Å². The van der Waals surface area contributed by atoms with Crippen LogP contribution in [-0.4, -0.2) is 37.7 Å². The molecule has 0 aromatic heterocycles. The van der Waals surface area contributed by atoms with Crippen LogP contribution in [0, 0.1) is 5.92 Å². The molecule has 1 saturated heterocycles. The molecule has 0 radical (unpaired) electrons. The van der Waals surface area contributed by atoms with Crippen molar-refractivity contribution in [2.24, 2.45) is 11.7 Å². The fourth-order valence-electron chi connectivity index (χ4n) is 2.86. The Kier molecular flexibility index (Phi) is 6.02. The smallest absolute Gasteiger partial charge is 0.0724 e. The Hall–Kier alpha value is -0.420. The predicted molar refractivity (Wildman–Crippen MR) is 86.7 cm³/mol. The number of benzene rings is 1. The number of piperidine rings is 1. The second kappa shape index (κ2) is 7.55. The van der Waals surface area contributed by atoms with E-state index in [4.69, 9.17) is 10.5 Å². The zero-order valence-electron chi connectivity index (χ0n) is 12.4. The second-order valence-corrected chi connectivity index (χ2v) is 6.61. The molecule has 4 heteroatoms. The van der Waals surface area contributed by atoms with Crippen LogP contribution in [-0.2, 0) is 4.74 Å². The molecule has 0 aliphatic carbocycles. The first kappa shape index (κ1) is 16.0. The first-order chi connectivity index (χ1) is 9.61. The van der Waals surface area contributed by atoms with Crippen LogP contribution in [0.4, 0.5) is 0 Å². The third-order valence-electron chi connectivity index (χ3n) is 4.34. The van der Waals surface area contributed by atoms with E-state index in [1.165, 1.54) is 12.0 Å². The Bertz CT molecular complexity index is 427. The zero-order valence-corrected chi connectivity index (χ0v) is 14.0. The molecule has 20 heavy (non-hydrogen) atoms. The number of halogens is 1. The highest BCUT2D eigenvalue weighted by Crippen LogP contribution is 2.25. The SMILES string of the molecule is COC1CN(CCC(N)c2ccccc2Br)CCC1C. The molecule has 2 N–H and O–H groups in total. The average molecular weight is 341 g/mol. The van der Waals surface area contributed by atoms with Crippen molar-refractivity contribution < 1.29 is 4.74 Å². The van der Waals surface area contributed by atoms with Crippen LogP contribution in [0.1, 0.15) is 31.4 Å². The number of methoxy groups -OCH3 is 1. The molecule has 2 rings (SSSR count). The third-order valence-corrected chi connectivity index (χ3v) is 5.06. The number of hydrogen-bond donors (Lipinski definition) is 1. The van der Waals surface area contributed by atoms with Crippen molar-refractivity contribution >= 4 is 15.9 Å². The Morgan fingerprint density at radius 3 is 2.90 bits per heavy atom. The summed E-state index contributed by atoms with van der Waals surface area (Å²) in [6.07, 6.45) is 2.55. The normalized spacial score (nSPS) is 25.6. The number of nitrogens with zero attached hydrogens (tertiary/aromatic N) is 1. The second-order valence-electron chi connectivity index (χ2n) is 5.76. The first-order valence-corrected chi connectivity index (χ1v) is 8.16. The van der Waals surface area contributed by atoms with Crippen molar-refractivity contribution in [1.29, 1.82) is 0 Å². The van der Waals surface area contributed by atoms with Crippen LogP contribution in [0.5, 0.6) is 0 Å². The van der Waals surface area contributed by atoms with Gasteiger partial charge >= 0.3 is 0 Å². The largest absolute Gasteiger partial charge is 0.380 e. The highest BCUT2D eigenvalue weighted by Gasteiger charge is 2.26. The molecule has 0 amide bonds. The third kappa shape index (κ3) is 4.04. The van der Waals surface area contributed by atoms with E-state index in [-0.39, 0.29) is 6.04 Å². The molecule has 0 saturated carbocycles. The van der Waals surface area contributed by atoms with E-state index in [9.17, 15) is 0 Å². The molecule has 1 fully saturated rings. The molecule has 3 nitrogen and oxygen atoms in total. The lowest BCUT2D eigenvalue weighted by Crippen LogP contribution is -2.44. The highest BCUT2D eigenvalue weighted by atomic mass is 79.9. The predicted octanol–water partition coefficient (Wildman–Crippen LogP) is 3.20. The fourth-order valence-corrected chi connectivity index (χ4v) is 3.44. The van der Waals surface area contributed by atoms with Crippen LogP contribution in [0.2, 0.25) is 0 Å². The Labute approximate surface area is 130 Å². The van der Waals surface area contributed by atoms with E-state index in [1.54, 1.807) is 0 Å². The number of nitrogens with two attached hydrogens (primary N) is 1. The summed E-state index contributed by atoms with van der Waals surface area (Å²) < 4.78 is 6.67. The summed E-state index contributed by atoms with van der Waals surface area (Å²) in [7, 11) is 1.82. The summed E-state index contributed by atoms with van der Waals surface area (Å²) in [5.74, 6) is 0.660. The van der Waals surface area contributed by atoms with E-state index >= 15 is 0 Å². The Balaban J connectivity index is 1.85. The minimum Gasteiger partial charge on any atom is -0.380 e. The maximum absolute atomic E-state index is 6.32. The molecule has 112 valence electrons. The van der Waals surface area contributed by atoms with Gasteiger partial charge in [0.25, 0.3) is 0 Å². The van der Waals surface area contributed by atoms with E-state index in [2.05, 4.69) is 39.9 Å². The summed E-state index contributed by atoms with van der Waals surface area (Å²) in [4.78, 5) is 2.48. The van der Waals surface area contributed by atoms with Gasteiger partial charge in [-0.1, -0.05) is 41.1 Å². The van der Waals surface area contributed by atoms with Gasteiger partial charge in [-0.05, 0) is 36.9 Å². The van der Waals surface area contributed by atoms with Gasteiger partial charge in [0.15, 0.2) is 0 Å². The summed E-state index contributed by atoms with van der Waals surface area (Å²) in [6, 6.07) is 8.31. The fraction of sp³-hybridized carbons (Fsp3) is 0.625. The standard InChI is InChI=1S/C16H25BrN2O/c1-12-7-9-19(11-16(12)20-2)10-8-15(18)13-5-3-4-6-14(13)17/h3-6,12,15-16H,7-11,18H2,1-2H3. The van der Waals surface area contributed by atoms with Gasteiger partial charge in [-0.3, -0.25) is 0 Å². The van der Waals surface area contributed by atoms with Crippen LogP contribution in [0.3, 0.4) is 0 Å². The van der Waals surface area contributed by atoms with Crippen molar-refractivity contribution in [3.63, 3.8) is 0 Å². The molecule has 1 heterocycles. The maximum atomic E-state index is 6.32. The minimum atomic E-state index is 0.0888. The van der Waals surface area contributed by atoms with Gasteiger partial charge in [0.1, 0.15) is 0 Å². The maximum Gasteiger partial charge on any atom is 0.0724 e. The van der Waals surface area contributed by atoms with Gasteiger partial charge in [-0.15, -0.1) is 0 Å². The lowest BCUT2D eigenvalue weighted by atomic mass is 9.95. The van der Waals surface area contributed by atoms with Crippen molar-refractivity contribution in [3.8, 4) is 0 Å². The Morgan fingerprint density at radius 1 is 1.45 bits per heavy atom. The summed E-state index contributed by atoms with van der Waals surface area (Å²) in [5.41, 5.74) is 7.52. The quantitative estimate of drug-likeness (QED) is 0.894. The number of rotatable bonds is 5. The topological polar surface area (TPSA) is 38.5 Å². The summed E-state index contributed by atoms with van der Waals surface area (Å²) >= 11 is 3.58. The number of hydrogen-bond acceptors (Lipinski definition) is 3. The van der Waals surface area contributed by atoms with Crippen LogP contribution in [0.25, 0.3) is 0 Å².